The fraction of sp³-hybridized carbons (Fsp3) is 0.667. The summed E-state index contributed by atoms with van der Waals surface area (Å²) in [5.74, 6) is -0.339. The summed E-state index contributed by atoms with van der Waals surface area (Å²) in [5.41, 5.74) is 0. The third-order valence-corrected chi connectivity index (χ3v) is 4.57. The van der Waals surface area contributed by atoms with Crippen molar-refractivity contribution >= 4 is 17.7 Å². The lowest BCUT2D eigenvalue weighted by atomic mass is 9.85. The van der Waals surface area contributed by atoms with Crippen LogP contribution in [-0.2, 0) is 14.4 Å². The van der Waals surface area contributed by atoms with Crippen LogP contribution in [-0.4, -0.2) is 46.7 Å². The Balaban J connectivity index is 1.67. The molecule has 0 aromatic carbocycles. The Labute approximate surface area is 118 Å². The smallest absolute Gasteiger partial charge is 0.233 e. The molecule has 2 saturated heterocycles. The molecule has 5 nitrogen and oxygen atoms in total. The molecule has 0 bridgehead atoms. The summed E-state index contributed by atoms with van der Waals surface area (Å²) >= 11 is 0. The monoisotopic (exact) mass is 276 g/mol. The second kappa shape index (κ2) is 4.72. The van der Waals surface area contributed by atoms with Crippen LogP contribution in [0.3, 0.4) is 0 Å². The Morgan fingerprint density at radius 1 is 1.10 bits per heavy atom. The number of carbonyl (C=O) groups excluding carboxylic acids is 3. The van der Waals surface area contributed by atoms with Gasteiger partial charge in [0.15, 0.2) is 0 Å². The summed E-state index contributed by atoms with van der Waals surface area (Å²) in [6, 6.07) is -0.108. The molecule has 0 saturated carbocycles. The third kappa shape index (κ3) is 1.87. The van der Waals surface area contributed by atoms with Crippen molar-refractivity contribution in [3.05, 3.63) is 12.2 Å². The van der Waals surface area contributed by atoms with Gasteiger partial charge < -0.3 is 4.90 Å². The Morgan fingerprint density at radius 3 is 2.05 bits per heavy atom. The van der Waals surface area contributed by atoms with Gasteiger partial charge in [-0.2, -0.15) is 0 Å². The Kier molecular flexibility index (Phi) is 3.15. The molecule has 2 fully saturated rings. The van der Waals surface area contributed by atoms with Crippen LogP contribution in [0.1, 0.15) is 26.7 Å². The van der Waals surface area contributed by atoms with E-state index in [4.69, 9.17) is 0 Å². The SMILES string of the molecule is CC(C)C(=O)N1CC(N2C(=O)C3CC=CCC3C2=O)C1. The maximum Gasteiger partial charge on any atom is 0.233 e. The van der Waals surface area contributed by atoms with Crippen molar-refractivity contribution in [2.75, 3.05) is 13.1 Å². The minimum atomic E-state index is -0.164. The zero-order chi connectivity index (χ0) is 14.4. The summed E-state index contributed by atoms with van der Waals surface area (Å²) in [6.07, 6.45) is 5.33. The van der Waals surface area contributed by atoms with Crippen LogP contribution in [0.5, 0.6) is 0 Å². The number of rotatable bonds is 2. The van der Waals surface area contributed by atoms with Crippen molar-refractivity contribution in [3.63, 3.8) is 0 Å². The van der Waals surface area contributed by atoms with Crippen molar-refractivity contribution in [2.24, 2.45) is 17.8 Å². The number of nitrogens with zero attached hydrogens (tertiary/aromatic N) is 2. The highest BCUT2D eigenvalue weighted by Gasteiger charge is 2.52. The van der Waals surface area contributed by atoms with Crippen molar-refractivity contribution < 1.29 is 14.4 Å². The molecule has 3 amide bonds. The van der Waals surface area contributed by atoms with Crippen LogP contribution in [0.2, 0.25) is 0 Å². The fourth-order valence-corrected chi connectivity index (χ4v) is 3.35. The quantitative estimate of drug-likeness (QED) is 0.554. The first-order chi connectivity index (χ1) is 9.50. The Hall–Kier alpha value is -1.65. The van der Waals surface area contributed by atoms with Crippen molar-refractivity contribution in [1.82, 2.24) is 9.80 Å². The zero-order valence-corrected chi connectivity index (χ0v) is 11.9. The first kappa shape index (κ1) is 13.3. The van der Waals surface area contributed by atoms with Gasteiger partial charge in [0, 0.05) is 19.0 Å². The maximum absolute atomic E-state index is 12.4. The van der Waals surface area contributed by atoms with E-state index in [0.29, 0.717) is 25.9 Å². The van der Waals surface area contributed by atoms with Gasteiger partial charge in [0.25, 0.3) is 0 Å². The summed E-state index contributed by atoms with van der Waals surface area (Å²) < 4.78 is 0. The van der Waals surface area contributed by atoms with Gasteiger partial charge >= 0.3 is 0 Å². The number of imide groups is 1. The summed E-state index contributed by atoms with van der Waals surface area (Å²) in [6.45, 7) is 4.73. The van der Waals surface area contributed by atoms with Gasteiger partial charge in [-0.15, -0.1) is 0 Å². The molecule has 0 N–H and O–H groups in total. The van der Waals surface area contributed by atoms with Gasteiger partial charge in [-0.05, 0) is 12.8 Å². The average Bonchev–Trinajstić information content (AvgIpc) is 2.62. The summed E-state index contributed by atoms with van der Waals surface area (Å²) in [7, 11) is 0. The third-order valence-electron chi connectivity index (χ3n) is 4.57. The van der Waals surface area contributed by atoms with Crippen molar-refractivity contribution in [2.45, 2.75) is 32.7 Å². The van der Waals surface area contributed by atoms with Gasteiger partial charge in [-0.3, -0.25) is 19.3 Å². The molecular weight excluding hydrogens is 256 g/mol. The highest BCUT2D eigenvalue weighted by atomic mass is 16.2. The fourth-order valence-electron chi connectivity index (χ4n) is 3.35. The van der Waals surface area contributed by atoms with Gasteiger partial charge in [0.1, 0.15) is 0 Å². The second-order valence-corrected chi connectivity index (χ2v) is 6.25. The Morgan fingerprint density at radius 2 is 1.60 bits per heavy atom. The van der Waals surface area contributed by atoms with Crippen LogP contribution < -0.4 is 0 Å². The number of hydrogen-bond acceptors (Lipinski definition) is 3. The van der Waals surface area contributed by atoms with Gasteiger partial charge in [-0.1, -0.05) is 26.0 Å². The molecule has 0 aromatic heterocycles. The number of carbonyl (C=O) groups is 3. The minimum Gasteiger partial charge on any atom is -0.338 e. The molecule has 0 spiro atoms. The standard InChI is InChI=1S/C15H20N2O3/c1-9(2)13(18)16-7-10(8-16)17-14(19)11-5-3-4-6-12(11)15(17)20/h3-4,9-12H,5-8H2,1-2H3. The predicted octanol–water partition coefficient (Wildman–Crippen LogP) is 0.804. The molecule has 0 aromatic rings. The predicted molar refractivity (Wildman–Crippen MR) is 72.4 cm³/mol. The van der Waals surface area contributed by atoms with Crippen LogP contribution in [0, 0.1) is 17.8 Å². The topological polar surface area (TPSA) is 57.7 Å². The second-order valence-electron chi connectivity index (χ2n) is 6.25. The summed E-state index contributed by atoms with van der Waals surface area (Å²) in [5, 5.41) is 0. The zero-order valence-electron chi connectivity index (χ0n) is 11.9. The first-order valence-corrected chi connectivity index (χ1v) is 7.31. The molecule has 1 aliphatic carbocycles. The summed E-state index contributed by atoms with van der Waals surface area (Å²) in [4.78, 5) is 39.7. The maximum atomic E-state index is 12.4. The normalized spacial score (nSPS) is 29.9. The van der Waals surface area contributed by atoms with E-state index in [1.54, 1.807) is 4.90 Å². The molecule has 5 heteroatoms. The number of likely N-dealkylation sites (tertiary alicyclic amines) is 2. The largest absolute Gasteiger partial charge is 0.338 e. The lowest BCUT2D eigenvalue weighted by Crippen LogP contribution is -2.63. The van der Waals surface area contributed by atoms with Crippen LogP contribution in [0.25, 0.3) is 0 Å². The van der Waals surface area contributed by atoms with Crippen LogP contribution in [0.15, 0.2) is 12.2 Å². The molecule has 2 heterocycles. The highest BCUT2D eigenvalue weighted by Crippen LogP contribution is 2.37. The van der Waals surface area contributed by atoms with E-state index < -0.39 is 0 Å². The lowest BCUT2D eigenvalue weighted by Gasteiger charge is -2.43. The van der Waals surface area contributed by atoms with Crippen molar-refractivity contribution in [3.8, 4) is 0 Å². The van der Waals surface area contributed by atoms with E-state index in [2.05, 4.69) is 0 Å². The molecular formula is C15H20N2O3. The lowest BCUT2D eigenvalue weighted by molar-refractivity contribution is -0.154. The number of hydrogen-bond donors (Lipinski definition) is 0. The van der Waals surface area contributed by atoms with Gasteiger partial charge in [0.05, 0.1) is 17.9 Å². The molecule has 0 radical (unpaired) electrons. The van der Waals surface area contributed by atoms with Crippen molar-refractivity contribution in [1.29, 1.82) is 0 Å². The van der Waals surface area contributed by atoms with E-state index in [9.17, 15) is 14.4 Å². The van der Waals surface area contributed by atoms with E-state index in [1.807, 2.05) is 26.0 Å². The molecule has 2 atom stereocenters. The molecule has 3 aliphatic rings. The number of amides is 3. The van der Waals surface area contributed by atoms with Gasteiger partial charge in [-0.25, -0.2) is 0 Å². The number of allylic oxidation sites excluding steroid dienone is 2. The van der Waals surface area contributed by atoms with E-state index in [-0.39, 0.29) is 41.5 Å². The van der Waals surface area contributed by atoms with Crippen LogP contribution >= 0.6 is 0 Å². The molecule has 3 rings (SSSR count). The molecule has 2 aliphatic heterocycles. The average molecular weight is 276 g/mol. The Bertz CT molecular complexity index is 465. The van der Waals surface area contributed by atoms with Crippen LogP contribution in [0.4, 0.5) is 0 Å². The highest BCUT2D eigenvalue weighted by molar-refractivity contribution is 6.06. The van der Waals surface area contributed by atoms with E-state index in [1.165, 1.54) is 4.90 Å². The van der Waals surface area contributed by atoms with Gasteiger partial charge in [0.2, 0.25) is 17.7 Å². The molecule has 20 heavy (non-hydrogen) atoms. The van der Waals surface area contributed by atoms with E-state index >= 15 is 0 Å². The molecule has 108 valence electrons. The first-order valence-electron chi connectivity index (χ1n) is 7.31. The number of fused-ring (bicyclic) bond motifs is 1. The van der Waals surface area contributed by atoms with E-state index in [0.717, 1.165) is 0 Å². The molecule has 2 unspecified atom stereocenters. The minimum absolute atomic E-state index is 0.0345.